The Morgan fingerprint density at radius 3 is 2.72 bits per heavy atom. The first-order valence-electron chi connectivity index (χ1n) is 6.01. The minimum atomic E-state index is -0.299. The molecule has 4 nitrogen and oxygen atoms in total. The number of hydrogen-bond acceptors (Lipinski definition) is 3. The van der Waals surface area contributed by atoms with Gasteiger partial charge in [0.1, 0.15) is 5.84 Å². The van der Waals surface area contributed by atoms with Gasteiger partial charge in [-0.1, -0.05) is 18.2 Å². The Kier molecular flexibility index (Phi) is 3.11. The molecule has 0 fully saturated rings. The van der Waals surface area contributed by atoms with Crippen LogP contribution >= 0.6 is 0 Å². The number of anilines is 1. The van der Waals surface area contributed by atoms with E-state index in [-0.39, 0.29) is 11.4 Å². The van der Waals surface area contributed by atoms with Gasteiger partial charge in [0.15, 0.2) is 0 Å². The lowest BCUT2D eigenvalue weighted by Crippen LogP contribution is -2.36. The highest BCUT2D eigenvalue weighted by molar-refractivity contribution is 6.09. The first-order chi connectivity index (χ1) is 8.48. The Balaban J connectivity index is 2.27. The molecule has 96 valence electrons. The molecule has 4 heteroatoms. The second kappa shape index (κ2) is 4.44. The lowest BCUT2D eigenvalue weighted by atomic mass is 9.86. The molecule has 1 aromatic rings. The van der Waals surface area contributed by atoms with Crippen molar-refractivity contribution in [2.24, 2.45) is 0 Å². The molecule has 0 saturated heterocycles. The van der Waals surface area contributed by atoms with E-state index in [4.69, 9.17) is 5.41 Å². The molecule has 0 aliphatic carbocycles. The number of hydrogen-bond donors (Lipinski definition) is 1. The van der Waals surface area contributed by atoms with Crippen LogP contribution in [0.5, 0.6) is 0 Å². The average Bonchev–Trinajstić information content (AvgIpc) is 2.56. The van der Waals surface area contributed by atoms with E-state index >= 15 is 0 Å². The monoisotopic (exact) mass is 246 g/mol. The molecule has 0 unspecified atom stereocenters. The second-order valence-electron chi connectivity index (χ2n) is 4.97. The highest BCUT2D eigenvalue weighted by Gasteiger charge is 2.40. The summed E-state index contributed by atoms with van der Waals surface area (Å²) in [6.45, 7) is 4.56. The topological polar surface area (TPSA) is 53.4 Å². The first kappa shape index (κ1) is 12.6. The third kappa shape index (κ3) is 1.88. The normalized spacial score (nSPS) is 16.6. The summed E-state index contributed by atoms with van der Waals surface area (Å²) >= 11 is 0. The summed E-state index contributed by atoms with van der Waals surface area (Å²) in [5.74, 6) is 0.289. The zero-order valence-electron chi connectivity index (χ0n) is 11.0. The van der Waals surface area contributed by atoms with Gasteiger partial charge in [-0.2, -0.15) is 0 Å². The highest BCUT2D eigenvalue weighted by Crippen LogP contribution is 2.41. The van der Waals surface area contributed by atoms with E-state index in [0.717, 1.165) is 11.3 Å². The molecule has 18 heavy (non-hydrogen) atoms. The summed E-state index contributed by atoms with van der Waals surface area (Å²) in [7, 11) is 1.38. The number of benzene rings is 1. The van der Waals surface area contributed by atoms with Crippen LogP contribution in [0.25, 0.3) is 0 Å². The van der Waals surface area contributed by atoms with Crippen molar-refractivity contribution in [2.75, 3.05) is 18.6 Å². The zero-order valence-corrected chi connectivity index (χ0v) is 11.0. The quantitative estimate of drug-likeness (QED) is 0.833. The van der Waals surface area contributed by atoms with Crippen LogP contribution in [0.2, 0.25) is 0 Å². The molecule has 0 amide bonds. The van der Waals surface area contributed by atoms with Crippen LogP contribution in [0, 0.1) is 5.41 Å². The van der Waals surface area contributed by atoms with Gasteiger partial charge in [0.2, 0.25) is 0 Å². The molecule has 2 rings (SSSR count). The third-order valence-corrected chi connectivity index (χ3v) is 3.50. The maximum Gasteiger partial charge on any atom is 0.307 e. The molecule has 0 aromatic heterocycles. The van der Waals surface area contributed by atoms with Crippen molar-refractivity contribution >= 4 is 17.5 Å². The van der Waals surface area contributed by atoms with Gasteiger partial charge >= 0.3 is 5.97 Å². The van der Waals surface area contributed by atoms with Crippen molar-refractivity contribution in [3.63, 3.8) is 0 Å². The van der Waals surface area contributed by atoms with Crippen LogP contribution in [0.3, 0.4) is 0 Å². The second-order valence-corrected chi connectivity index (χ2v) is 4.97. The Morgan fingerprint density at radius 2 is 2.06 bits per heavy atom. The fourth-order valence-corrected chi connectivity index (χ4v) is 2.36. The molecule has 1 aromatic carbocycles. The molecular formula is C14H18N2O2. The highest BCUT2D eigenvalue weighted by atomic mass is 16.5. The number of methoxy groups -OCH3 is 1. The number of nitrogens with one attached hydrogen (secondary N) is 1. The summed E-state index contributed by atoms with van der Waals surface area (Å²) in [6.07, 6.45) is 0.295. The SMILES string of the molecule is COC(=O)CCN1C(=N)C(C)(C)c2ccccc21. The molecular weight excluding hydrogens is 228 g/mol. The van der Waals surface area contributed by atoms with Crippen LogP contribution in [-0.4, -0.2) is 25.5 Å². The Morgan fingerprint density at radius 1 is 1.39 bits per heavy atom. The Labute approximate surface area is 107 Å². The Hall–Kier alpha value is -1.84. The van der Waals surface area contributed by atoms with E-state index in [2.05, 4.69) is 4.74 Å². The van der Waals surface area contributed by atoms with Crippen molar-refractivity contribution in [1.82, 2.24) is 0 Å². The first-order valence-corrected chi connectivity index (χ1v) is 6.01. The van der Waals surface area contributed by atoms with Crippen molar-refractivity contribution in [3.05, 3.63) is 29.8 Å². The number of para-hydroxylation sites is 1. The van der Waals surface area contributed by atoms with Gasteiger partial charge in [-0.3, -0.25) is 10.2 Å². The van der Waals surface area contributed by atoms with E-state index in [0.29, 0.717) is 18.8 Å². The van der Waals surface area contributed by atoms with E-state index < -0.39 is 0 Å². The summed E-state index contributed by atoms with van der Waals surface area (Å²) in [5.41, 5.74) is 1.86. The number of ether oxygens (including phenoxy) is 1. The molecule has 1 aliphatic heterocycles. The standard InChI is InChI=1S/C14H18N2O2/c1-14(2)10-6-4-5-7-11(10)16(13(14)15)9-8-12(17)18-3/h4-7,15H,8-9H2,1-3H3. The number of carbonyl (C=O) groups excluding carboxylic acids is 1. The molecule has 1 heterocycles. The third-order valence-electron chi connectivity index (χ3n) is 3.50. The molecule has 1 N–H and O–H groups in total. The molecule has 0 radical (unpaired) electrons. The van der Waals surface area contributed by atoms with Gasteiger partial charge < -0.3 is 9.64 Å². The van der Waals surface area contributed by atoms with Gasteiger partial charge in [-0.25, -0.2) is 0 Å². The number of rotatable bonds is 3. The molecule has 0 atom stereocenters. The number of fused-ring (bicyclic) bond motifs is 1. The van der Waals surface area contributed by atoms with Crippen LogP contribution in [-0.2, 0) is 14.9 Å². The number of amidine groups is 1. The van der Waals surface area contributed by atoms with Gasteiger partial charge in [0.05, 0.1) is 13.5 Å². The minimum Gasteiger partial charge on any atom is -0.469 e. The maximum atomic E-state index is 11.2. The van der Waals surface area contributed by atoms with E-state index in [9.17, 15) is 4.79 Å². The predicted octanol–water partition coefficient (Wildman–Crippen LogP) is 2.32. The zero-order chi connectivity index (χ0) is 13.3. The molecule has 0 spiro atoms. The van der Waals surface area contributed by atoms with Crippen molar-refractivity contribution < 1.29 is 9.53 Å². The largest absolute Gasteiger partial charge is 0.469 e. The van der Waals surface area contributed by atoms with Crippen LogP contribution < -0.4 is 4.90 Å². The molecule has 0 bridgehead atoms. The minimum absolute atomic E-state index is 0.245. The van der Waals surface area contributed by atoms with Crippen molar-refractivity contribution in [1.29, 1.82) is 5.41 Å². The van der Waals surface area contributed by atoms with Gasteiger partial charge in [0.25, 0.3) is 0 Å². The van der Waals surface area contributed by atoms with Crippen LogP contribution in [0.4, 0.5) is 5.69 Å². The number of nitrogens with zero attached hydrogens (tertiary/aromatic N) is 1. The summed E-state index contributed by atoms with van der Waals surface area (Å²) in [4.78, 5) is 13.1. The van der Waals surface area contributed by atoms with Gasteiger partial charge in [-0.05, 0) is 25.5 Å². The van der Waals surface area contributed by atoms with Crippen LogP contribution in [0.15, 0.2) is 24.3 Å². The summed E-state index contributed by atoms with van der Waals surface area (Å²) in [6, 6.07) is 7.98. The lowest BCUT2D eigenvalue weighted by molar-refractivity contribution is -0.140. The Bertz CT molecular complexity index is 494. The number of carbonyl (C=O) groups is 1. The van der Waals surface area contributed by atoms with E-state index in [1.54, 1.807) is 0 Å². The van der Waals surface area contributed by atoms with E-state index in [1.165, 1.54) is 7.11 Å². The smallest absolute Gasteiger partial charge is 0.307 e. The molecule has 0 saturated carbocycles. The maximum absolute atomic E-state index is 11.2. The predicted molar refractivity (Wildman–Crippen MR) is 71.2 cm³/mol. The average molecular weight is 246 g/mol. The van der Waals surface area contributed by atoms with E-state index in [1.807, 2.05) is 43.0 Å². The van der Waals surface area contributed by atoms with Gasteiger partial charge in [0, 0.05) is 17.6 Å². The van der Waals surface area contributed by atoms with Gasteiger partial charge in [-0.15, -0.1) is 0 Å². The molecule has 1 aliphatic rings. The summed E-state index contributed by atoms with van der Waals surface area (Å²) < 4.78 is 4.65. The summed E-state index contributed by atoms with van der Waals surface area (Å²) in [5, 5.41) is 8.27. The lowest BCUT2D eigenvalue weighted by Gasteiger charge is -2.23. The fraction of sp³-hybridized carbons (Fsp3) is 0.429. The van der Waals surface area contributed by atoms with Crippen LogP contribution in [0.1, 0.15) is 25.8 Å². The van der Waals surface area contributed by atoms with Crippen molar-refractivity contribution in [3.8, 4) is 0 Å². The fourth-order valence-electron chi connectivity index (χ4n) is 2.36. The number of esters is 1. The van der Waals surface area contributed by atoms with Crippen molar-refractivity contribution in [2.45, 2.75) is 25.7 Å².